The minimum atomic E-state index is 0.335. The maximum atomic E-state index is 12.4. The highest BCUT2D eigenvalue weighted by Crippen LogP contribution is 2.23. The zero-order chi connectivity index (χ0) is 16.8. The van der Waals surface area contributed by atoms with Gasteiger partial charge in [-0.2, -0.15) is 0 Å². The van der Waals surface area contributed by atoms with E-state index in [0.717, 1.165) is 90.1 Å². The minimum absolute atomic E-state index is 0.335. The number of amides is 2. The normalized spacial score (nSPS) is 24.4. The first-order valence-electron chi connectivity index (χ1n) is 9.98. The van der Waals surface area contributed by atoms with Gasteiger partial charge in [0.25, 0.3) is 0 Å². The third kappa shape index (κ3) is 4.95. The van der Waals surface area contributed by atoms with Crippen LogP contribution >= 0.6 is 0 Å². The molecule has 0 bridgehead atoms. The average Bonchev–Trinajstić information content (AvgIpc) is 2.63. The van der Waals surface area contributed by atoms with Crippen LogP contribution in [0.25, 0.3) is 0 Å². The molecule has 3 fully saturated rings. The second-order valence-electron chi connectivity index (χ2n) is 7.85. The SMILES string of the molecule is O=C(CCC1CCNCC1)N1CCC(CN2CCCCC2=O)CC1. The fraction of sp³-hybridized carbons (Fsp3) is 0.895. The fourth-order valence-electron chi connectivity index (χ4n) is 4.39. The van der Waals surface area contributed by atoms with Crippen LogP contribution in [0.15, 0.2) is 0 Å². The Kier molecular flexibility index (Phi) is 6.52. The summed E-state index contributed by atoms with van der Waals surface area (Å²) in [6.45, 7) is 5.85. The lowest BCUT2D eigenvalue weighted by Crippen LogP contribution is -2.44. The van der Waals surface area contributed by atoms with E-state index in [1.165, 1.54) is 12.8 Å². The molecule has 5 nitrogen and oxygen atoms in total. The van der Waals surface area contributed by atoms with Crippen molar-refractivity contribution in [3.05, 3.63) is 0 Å². The standard InChI is InChI=1S/C19H33N3O2/c23-18-3-1-2-12-22(18)15-17-8-13-21(14-9-17)19(24)5-4-16-6-10-20-11-7-16/h16-17,20H,1-15H2. The van der Waals surface area contributed by atoms with Crippen LogP contribution in [0.5, 0.6) is 0 Å². The summed E-state index contributed by atoms with van der Waals surface area (Å²) >= 11 is 0. The quantitative estimate of drug-likeness (QED) is 0.836. The van der Waals surface area contributed by atoms with Crippen molar-refractivity contribution in [3.8, 4) is 0 Å². The lowest BCUT2D eigenvalue weighted by Gasteiger charge is -2.36. The molecule has 1 N–H and O–H groups in total. The predicted octanol–water partition coefficient (Wildman–Crippen LogP) is 2.02. The number of nitrogens with zero attached hydrogens (tertiary/aromatic N) is 2. The van der Waals surface area contributed by atoms with E-state index in [4.69, 9.17) is 0 Å². The number of likely N-dealkylation sites (tertiary alicyclic amines) is 2. The summed E-state index contributed by atoms with van der Waals surface area (Å²) in [5, 5.41) is 3.38. The number of piperidine rings is 3. The molecular formula is C19H33N3O2. The maximum absolute atomic E-state index is 12.4. The molecule has 0 aromatic heterocycles. The molecule has 0 aromatic carbocycles. The van der Waals surface area contributed by atoms with E-state index < -0.39 is 0 Å². The second-order valence-corrected chi connectivity index (χ2v) is 7.85. The van der Waals surface area contributed by atoms with Crippen molar-refractivity contribution in [1.82, 2.24) is 15.1 Å². The Morgan fingerprint density at radius 3 is 2.46 bits per heavy atom. The Morgan fingerprint density at radius 1 is 1.00 bits per heavy atom. The molecule has 0 unspecified atom stereocenters. The van der Waals surface area contributed by atoms with Crippen LogP contribution in [-0.2, 0) is 9.59 Å². The Bertz CT molecular complexity index is 426. The molecule has 5 heteroatoms. The van der Waals surface area contributed by atoms with Crippen LogP contribution in [0.4, 0.5) is 0 Å². The highest BCUT2D eigenvalue weighted by Gasteiger charge is 2.27. The van der Waals surface area contributed by atoms with Gasteiger partial charge in [0.2, 0.25) is 11.8 Å². The van der Waals surface area contributed by atoms with Crippen LogP contribution in [0.2, 0.25) is 0 Å². The molecule has 24 heavy (non-hydrogen) atoms. The van der Waals surface area contributed by atoms with E-state index in [2.05, 4.69) is 15.1 Å². The molecule has 3 rings (SSSR count). The van der Waals surface area contributed by atoms with E-state index >= 15 is 0 Å². The molecule has 0 spiro atoms. The molecule has 3 heterocycles. The fourth-order valence-corrected chi connectivity index (χ4v) is 4.39. The second kappa shape index (κ2) is 8.84. The van der Waals surface area contributed by atoms with Crippen LogP contribution in [0, 0.1) is 11.8 Å². The summed E-state index contributed by atoms with van der Waals surface area (Å²) in [6, 6.07) is 0. The van der Waals surface area contributed by atoms with E-state index in [-0.39, 0.29) is 0 Å². The summed E-state index contributed by atoms with van der Waals surface area (Å²) in [4.78, 5) is 28.5. The van der Waals surface area contributed by atoms with Crippen molar-refractivity contribution in [2.24, 2.45) is 11.8 Å². The number of rotatable bonds is 5. The van der Waals surface area contributed by atoms with Crippen molar-refractivity contribution < 1.29 is 9.59 Å². The lowest BCUT2D eigenvalue weighted by molar-refractivity contribution is -0.136. The van der Waals surface area contributed by atoms with E-state index in [0.29, 0.717) is 17.7 Å². The zero-order valence-corrected chi connectivity index (χ0v) is 15.0. The van der Waals surface area contributed by atoms with E-state index in [1.54, 1.807) is 0 Å². The third-order valence-corrected chi connectivity index (χ3v) is 6.09. The molecular weight excluding hydrogens is 302 g/mol. The van der Waals surface area contributed by atoms with E-state index in [1.807, 2.05) is 0 Å². The van der Waals surface area contributed by atoms with Gasteiger partial charge < -0.3 is 15.1 Å². The van der Waals surface area contributed by atoms with Gasteiger partial charge in [0.1, 0.15) is 0 Å². The van der Waals surface area contributed by atoms with Crippen LogP contribution in [0.1, 0.15) is 57.8 Å². The largest absolute Gasteiger partial charge is 0.343 e. The summed E-state index contributed by atoms with van der Waals surface area (Å²) in [7, 11) is 0. The summed E-state index contributed by atoms with van der Waals surface area (Å²) in [5.41, 5.74) is 0. The maximum Gasteiger partial charge on any atom is 0.222 e. The lowest BCUT2D eigenvalue weighted by atomic mass is 9.92. The Morgan fingerprint density at radius 2 is 1.75 bits per heavy atom. The first-order chi connectivity index (χ1) is 11.7. The van der Waals surface area contributed by atoms with E-state index in [9.17, 15) is 9.59 Å². The molecule has 2 amide bonds. The van der Waals surface area contributed by atoms with Crippen molar-refractivity contribution in [2.45, 2.75) is 57.8 Å². The van der Waals surface area contributed by atoms with Crippen molar-refractivity contribution in [3.63, 3.8) is 0 Å². The monoisotopic (exact) mass is 335 g/mol. The van der Waals surface area contributed by atoms with Gasteiger partial charge in [-0.25, -0.2) is 0 Å². The molecule has 0 atom stereocenters. The molecule has 0 aliphatic carbocycles. The molecule has 0 aromatic rings. The van der Waals surface area contributed by atoms with Crippen LogP contribution < -0.4 is 5.32 Å². The molecule has 3 aliphatic rings. The number of hydrogen-bond donors (Lipinski definition) is 1. The number of hydrogen-bond acceptors (Lipinski definition) is 3. The average molecular weight is 335 g/mol. The predicted molar refractivity (Wildman–Crippen MR) is 94.6 cm³/mol. The van der Waals surface area contributed by atoms with Gasteiger partial charge >= 0.3 is 0 Å². The highest BCUT2D eigenvalue weighted by atomic mass is 16.2. The molecule has 3 saturated heterocycles. The Hall–Kier alpha value is -1.10. The van der Waals surface area contributed by atoms with Gasteiger partial charge in [-0.15, -0.1) is 0 Å². The highest BCUT2D eigenvalue weighted by molar-refractivity contribution is 5.77. The summed E-state index contributed by atoms with van der Waals surface area (Å²) < 4.78 is 0. The van der Waals surface area contributed by atoms with Gasteiger partial charge in [-0.3, -0.25) is 9.59 Å². The topological polar surface area (TPSA) is 52.7 Å². The summed E-state index contributed by atoms with van der Waals surface area (Å²) in [5.74, 6) is 2.00. The van der Waals surface area contributed by atoms with Gasteiger partial charge in [0, 0.05) is 39.0 Å². The smallest absolute Gasteiger partial charge is 0.222 e. The Balaban J connectivity index is 1.35. The van der Waals surface area contributed by atoms with Crippen molar-refractivity contribution in [1.29, 1.82) is 0 Å². The van der Waals surface area contributed by atoms with Crippen LogP contribution in [-0.4, -0.2) is 60.9 Å². The molecule has 0 radical (unpaired) electrons. The first kappa shape index (κ1) is 17.7. The van der Waals surface area contributed by atoms with Crippen molar-refractivity contribution in [2.75, 3.05) is 39.3 Å². The van der Waals surface area contributed by atoms with Crippen molar-refractivity contribution >= 4 is 11.8 Å². The Labute approximate surface area is 146 Å². The van der Waals surface area contributed by atoms with Gasteiger partial charge in [0.05, 0.1) is 0 Å². The first-order valence-corrected chi connectivity index (χ1v) is 9.98. The van der Waals surface area contributed by atoms with Gasteiger partial charge in [0.15, 0.2) is 0 Å². The minimum Gasteiger partial charge on any atom is -0.343 e. The number of carbonyl (C=O) groups excluding carboxylic acids is 2. The molecule has 136 valence electrons. The third-order valence-electron chi connectivity index (χ3n) is 6.09. The van der Waals surface area contributed by atoms with Gasteiger partial charge in [-0.05, 0) is 69.9 Å². The molecule has 3 aliphatic heterocycles. The number of carbonyl (C=O) groups is 2. The number of nitrogens with one attached hydrogen (secondary N) is 1. The van der Waals surface area contributed by atoms with Crippen LogP contribution in [0.3, 0.4) is 0 Å². The zero-order valence-electron chi connectivity index (χ0n) is 15.0. The molecule has 0 saturated carbocycles. The van der Waals surface area contributed by atoms with Gasteiger partial charge in [-0.1, -0.05) is 0 Å². The summed E-state index contributed by atoms with van der Waals surface area (Å²) in [6.07, 6.45) is 9.28.